The molecule has 0 saturated carbocycles. The molecule has 128 valence electrons. The monoisotopic (exact) mass is 324 g/mol. The Morgan fingerprint density at radius 2 is 2.04 bits per heavy atom. The van der Waals surface area contributed by atoms with Crippen LogP contribution in [0.4, 0.5) is 4.79 Å². The fourth-order valence-corrected chi connectivity index (χ4v) is 2.60. The first kappa shape index (κ1) is 17.3. The van der Waals surface area contributed by atoms with Crippen LogP contribution in [0.2, 0.25) is 0 Å². The predicted molar refractivity (Wildman–Crippen MR) is 82.2 cm³/mol. The summed E-state index contributed by atoms with van der Waals surface area (Å²) in [6.45, 7) is 8.03. The molecule has 1 aromatic rings. The van der Waals surface area contributed by atoms with Gasteiger partial charge in [0.15, 0.2) is 0 Å². The minimum atomic E-state index is -0.558. The molecule has 1 fully saturated rings. The number of carbonyl (C=O) groups is 2. The van der Waals surface area contributed by atoms with Gasteiger partial charge in [0, 0.05) is 24.6 Å². The average molecular weight is 324 g/mol. The summed E-state index contributed by atoms with van der Waals surface area (Å²) in [6.07, 6.45) is 1.38. The number of piperidine rings is 1. The van der Waals surface area contributed by atoms with E-state index >= 15 is 0 Å². The van der Waals surface area contributed by atoms with E-state index in [9.17, 15) is 9.59 Å². The lowest BCUT2D eigenvalue weighted by molar-refractivity contribution is 0.00942. The number of carbonyl (C=O) groups excluding carboxylic acids is 2. The molecule has 0 bridgehead atoms. The molecule has 0 spiro atoms. The SMILES string of the molecule is COC(=O)c1cc([C@@H]2CC[C@@H](C)N(C(=O)OC(C)(C)C)C2)no1. The first-order valence-electron chi connectivity index (χ1n) is 7.76. The normalized spacial score (nSPS) is 21.9. The summed E-state index contributed by atoms with van der Waals surface area (Å²) in [5.41, 5.74) is 0.126. The molecule has 1 saturated heterocycles. The van der Waals surface area contributed by atoms with Crippen molar-refractivity contribution < 1.29 is 23.6 Å². The number of ether oxygens (including phenoxy) is 2. The Kier molecular flexibility index (Phi) is 4.97. The van der Waals surface area contributed by atoms with Crippen molar-refractivity contribution >= 4 is 12.1 Å². The summed E-state index contributed by atoms with van der Waals surface area (Å²) in [6, 6.07) is 1.69. The van der Waals surface area contributed by atoms with E-state index in [1.54, 1.807) is 11.0 Å². The molecule has 7 heteroatoms. The summed E-state index contributed by atoms with van der Waals surface area (Å²) >= 11 is 0. The molecular weight excluding hydrogens is 300 g/mol. The van der Waals surface area contributed by atoms with Crippen molar-refractivity contribution in [3.8, 4) is 0 Å². The Bertz CT molecular complexity index is 575. The van der Waals surface area contributed by atoms with Crippen LogP contribution in [-0.2, 0) is 9.47 Å². The molecule has 2 rings (SSSR count). The maximum absolute atomic E-state index is 12.3. The second kappa shape index (κ2) is 6.60. The highest BCUT2D eigenvalue weighted by molar-refractivity contribution is 5.86. The number of rotatable bonds is 2. The zero-order valence-electron chi connectivity index (χ0n) is 14.3. The molecule has 7 nitrogen and oxygen atoms in total. The highest BCUT2D eigenvalue weighted by atomic mass is 16.6. The van der Waals surface area contributed by atoms with E-state index in [1.165, 1.54) is 7.11 Å². The zero-order chi connectivity index (χ0) is 17.2. The zero-order valence-corrected chi connectivity index (χ0v) is 14.3. The number of aromatic nitrogens is 1. The van der Waals surface area contributed by atoms with Crippen molar-refractivity contribution in [3.63, 3.8) is 0 Å². The fraction of sp³-hybridized carbons (Fsp3) is 0.688. The van der Waals surface area contributed by atoms with Gasteiger partial charge in [0.2, 0.25) is 5.76 Å². The van der Waals surface area contributed by atoms with Crippen molar-refractivity contribution in [2.75, 3.05) is 13.7 Å². The quantitative estimate of drug-likeness (QED) is 0.778. The number of hydrogen-bond donors (Lipinski definition) is 0. The molecule has 23 heavy (non-hydrogen) atoms. The van der Waals surface area contributed by atoms with Gasteiger partial charge in [-0.25, -0.2) is 9.59 Å². The molecular formula is C16H24N2O5. The molecule has 0 unspecified atom stereocenters. The van der Waals surface area contributed by atoms with Gasteiger partial charge >= 0.3 is 12.1 Å². The van der Waals surface area contributed by atoms with Crippen molar-refractivity contribution in [1.29, 1.82) is 0 Å². The second-order valence-electron chi connectivity index (χ2n) is 6.86. The van der Waals surface area contributed by atoms with Crippen LogP contribution in [0.15, 0.2) is 10.6 Å². The van der Waals surface area contributed by atoms with Gasteiger partial charge in [-0.1, -0.05) is 5.16 Å². The highest BCUT2D eigenvalue weighted by Crippen LogP contribution is 2.30. The summed E-state index contributed by atoms with van der Waals surface area (Å²) in [5, 5.41) is 3.95. The molecule has 1 aliphatic heterocycles. The molecule has 2 heterocycles. The molecule has 0 aromatic carbocycles. The van der Waals surface area contributed by atoms with Gasteiger partial charge < -0.3 is 18.9 Å². The summed E-state index contributed by atoms with van der Waals surface area (Å²) in [4.78, 5) is 25.5. The fourth-order valence-electron chi connectivity index (χ4n) is 2.60. The van der Waals surface area contributed by atoms with Crippen LogP contribution in [0.3, 0.4) is 0 Å². The van der Waals surface area contributed by atoms with E-state index in [0.29, 0.717) is 12.2 Å². The van der Waals surface area contributed by atoms with E-state index < -0.39 is 11.6 Å². The Morgan fingerprint density at radius 1 is 1.35 bits per heavy atom. The number of likely N-dealkylation sites (tertiary alicyclic amines) is 1. The minimum absolute atomic E-state index is 0.0147. The second-order valence-corrected chi connectivity index (χ2v) is 6.86. The van der Waals surface area contributed by atoms with Gasteiger partial charge in [0.05, 0.1) is 12.8 Å². The van der Waals surface area contributed by atoms with Crippen LogP contribution in [-0.4, -0.2) is 47.4 Å². The van der Waals surface area contributed by atoms with Crippen LogP contribution >= 0.6 is 0 Å². The number of amides is 1. The van der Waals surface area contributed by atoms with Crippen molar-refractivity contribution in [2.45, 2.75) is 58.1 Å². The highest BCUT2D eigenvalue weighted by Gasteiger charge is 2.34. The van der Waals surface area contributed by atoms with E-state index in [0.717, 1.165) is 12.8 Å². The number of esters is 1. The van der Waals surface area contributed by atoms with Crippen LogP contribution in [0.5, 0.6) is 0 Å². The van der Waals surface area contributed by atoms with Crippen molar-refractivity contribution in [3.05, 3.63) is 17.5 Å². The molecule has 0 radical (unpaired) electrons. The first-order valence-corrected chi connectivity index (χ1v) is 7.76. The van der Waals surface area contributed by atoms with E-state index in [-0.39, 0.29) is 23.8 Å². The Balaban J connectivity index is 2.09. The number of hydrogen-bond acceptors (Lipinski definition) is 6. The lowest BCUT2D eigenvalue weighted by atomic mass is 9.91. The predicted octanol–water partition coefficient (Wildman–Crippen LogP) is 2.96. The third kappa shape index (κ3) is 4.24. The summed E-state index contributed by atoms with van der Waals surface area (Å²) in [5.74, 6) is -0.470. The van der Waals surface area contributed by atoms with Gasteiger partial charge in [-0.05, 0) is 40.5 Å². The molecule has 0 aliphatic carbocycles. The third-order valence-electron chi connectivity index (χ3n) is 3.84. The van der Waals surface area contributed by atoms with Gasteiger partial charge in [0.1, 0.15) is 5.60 Å². The number of methoxy groups -OCH3 is 1. The van der Waals surface area contributed by atoms with E-state index in [4.69, 9.17) is 9.26 Å². The summed E-state index contributed by atoms with van der Waals surface area (Å²) in [7, 11) is 1.29. The Morgan fingerprint density at radius 3 is 2.65 bits per heavy atom. The summed E-state index contributed by atoms with van der Waals surface area (Å²) < 4.78 is 15.1. The van der Waals surface area contributed by atoms with Crippen LogP contribution in [0, 0.1) is 0 Å². The van der Waals surface area contributed by atoms with Crippen LogP contribution in [0.25, 0.3) is 0 Å². The molecule has 1 amide bonds. The van der Waals surface area contributed by atoms with Gasteiger partial charge in [-0.3, -0.25) is 0 Å². The maximum atomic E-state index is 12.3. The van der Waals surface area contributed by atoms with Crippen molar-refractivity contribution in [2.24, 2.45) is 0 Å². The largest absolute Gasteiger partial charge is 0.463 e. The topological polar surface area (TPSA) is 81.9 Å². The number of nitrogens with zero attached hydrogens (tertiary/aromatic N) is 2. The maximum Gasteiger partial charge on any atom is 0.410 e. The van der Waals surface area contributed by atoms with E-state index in [2.05, 4.69) is 9.89 Å². The lowest BCUT2D eigenvalue weighted by Crippen LogP contribution is -2.47. The van der Waals surface area contributed by atoms with Crippen LogP contribution < -0.4 is 0 Å². The smallest absolute Gasteiger partial charge is 0.410 e. The molecule has 0 N–H and O–H groups in total. The van der Waals surface area contributed by atoms with Crippen LogP contribution in [0.1, 0.15) is 62.7 Å². The third-order valence-corrected chi connectivity index (χ3v) is 3.84. The lowest BCUT2D eigenvalue weighted by Gasteiger charge is -2.38. The van der Waals surface area contributed by atoms with Gasteiger partial charge in [0.25, 0.3) is 0 Å². The molecule has 2 atom stereocenters. The van der Waals surface area contributed by atoms with Gasteiger partial charge in [-0.15, -0.1) is 0 Å². The molecule has 1 aliphatic rings. The van der Waals surface area contributed by atoms with Gasteiger partial charge in [-0.2, -0.15) is 0 Å². The Labute approximate surface area is 135 Å². The Hall–Kier alpha value is -2.05. The standard InChI is InChI=1S/C16H24N2O5/c1-10-6-7-11(9-18(10)15(20)22-16(2,3)4)12-8-13(23-17-12)14(19)21-5/h8,10-11H,6-7,9H2,1-5H3/t10-,11-/m1/s1. The molecule has 1 aromatic heterocycles. The average Bonchev–Trinajstić information content (AvgIpc) is 2.94. The first-order chi connectivity index (χ1) is 10.7. The van der Waals surface area contributed by atoms with E-state index in [1.807, 2.05) is 27.7 Å². The minimum Gasteiger partial charge on any atom is -0.463 e. The van der Waals surface area contributed by atoms with Crippen molar-refractivity contribution in [1.82, 2.24) is 10.1 Å².